The van der Waals surface area contributed by atoms with Gasteiger partial charge in [-0.1, -0.05) is 30.3 Å². The predicted molar refractivity (Wildman–Crippen MR) is 84.6 cm³/mol. The maximum atomic E-state index is 5.57. The highest BCUT2D eigenvalue weighted by Crippen LogP contribution is 2.45. The Morgan fingerprint density at radius 2 is 1.55 bits per heavy atom. The summed E-state index contributed by atoms with van der Waals surface area (Å²) < 4.78 is 16.4. The minimum absolute atomic E-state index is 0.532. The molecule has 0 fully saturated rings. The van der Waals surface area contributed by atoms with Gasteiger partial charge in [-0.05, 0) is 0 Å². The second-order valence-electron chi connectivity index (χ2n) is 4.63. The third-order valence-corrected chi connectivity index (χ3v) is 3.48. The summed E-state index contributed by atoms with van der Waals surface area (Å²) in [6.07, 6.45) is 1.54. The molecule has 5 nitrogen and oxygen atoms in total. The van der Waals surface area contributed by atoms with Crippen LogP contribution in [-0.4, -0.2) is 31.3 Å². The van der Waals surface area contributed by atoms with E-state index in [1.807, 2.05) is 36.4 Å². The summed E-state index contributed by atoms with van der Waals surface area (Å²) in [7, 11) is 4.76. The van der Waals surface area contributed by atoms with Crippen LogP contribution in [0.3, 0.4) is 0 Å². The van der Waals surface area contributed by atoms with Gasteiger partial charge in [-0.25, -0.2) is 9.97 Å². The monoisotopic (exact) mass is 296 g/mol. The van der Waals surface area contributed by atoms with E-state index in [9.17, 15) is 0 Å². The van der Waals surface area contributed by atoms with Crippen molar-refractivity contribution >= 4 is 10.9 Å². The molecule has 0 saturated heterocycles. The molecule has 0 atom stereocenters. The fraction of sp³-hybridized carbons (Fsp3) is 0.176. The van der Waals surface area contributed by atoms with Crippen molar-refractivity contribution in [2.24, 2.45) is 0 Å². The third kappa shape index (κ3) is 2.20. The second-order valence-corrected chi connectivity index (χ2v) is 4.63. The van der Waals surface area contributed by atoms with E-state index >= 15 is 0 Å². The van der Waals surface area contributed by atoms with Gasteiger partial charge in [0, 0.05) is 11.6 Å². The minimum atomic E-state index is 0.532. The van der Waals surface area contributed by atoms with Crippen molar-refractivity contribution < 1.29 is 14.2 Å². The Labute approximate surface area is 128 Å². The first-order chi connectivity index (χ1) is 10.8. The van der Waals surface area contributed by atoms with Crippen molar-refractivity contribution in [3.63, 3.8) is 0 Å². The lowest BCUT2D eigenvalue weighted by molar-refractivity contribution is 0.327. The summed E-state index contributed by atoms with van der Waals surface area (Å²) in [5.41, 5.74) is 2.52. The summed E-state index contributed by atoms with van der Waals surface area (Å²) in [6.45, 7) is 0. The van der Waals surface area contributed by atoms with Gasteiger partial charge >= 0.3 is 0 Å². The summed E-state index contributed by atoms with van der Waals surface area (Å²) in [5, 5.41) is 0.800. The summed E-state index contributed by atoms with van der Waals surface area (Å²) in [4.78, 5) is 8.76. The van der Waals surface area contributed by atoms with Crippen LogP contribution < -0.4 is 14.2 Å². The number of benzene rings is 2. The van der Waals surface area contributed by atoms with Crippen LogP contribution in [-0.2, 0) is 0 Å². The van der Waals surface area contributed by atoms with Crippen molar-refractivity contribution in [3.05, 3.63) is 42.7 Å². The van der Waals surface area contributed by atoms with E-state index in [4.69, 9.17) is 14.2 Å². The van der Waals surface area contributed by atoms with Crippen molar-refractivity contribution in [1.82, 2.24) is 9.97 Å². The number of rotatable bonds is 4. The average Bonchev–Trinajstić information content (AvgIpc) is 2.60. The Bertz CT molecular complexity index is 804. The molecule has 2 aromatic carbocycles. The fourth-order valence-corrected chi connectivity index (χ4v) is 2.50. The van der Waals surface area contributed by atoms with Gasteiger partial charge in [-0.15, -0.1) is 0 Å². The van der Waals surface area contributed by atoms with Crippen LogP contribution in [0.1, 0.15) is 0 Å². The first-order valence-corrected chi connectivity index (χ1v) is 6.79. The van der Waals surface area contributed by atoms with E-state index in [0.717, 1.165) is 22.2 Å². The molecule has 0 bridgehead atoms. The number of hydrogen-bond acceptors (Lipinski definition) is 5. The normalized spacial score (nSPS) is 10.5. The molecule has 1 heterocycles. The lowest BCUT2D eigenvalue weighted by atomic mass is 10.0. The lowest BCUT2D eigenvalue weighted by Crippen LogP contribution is -1.99. The lowest BCUT2D eigenvalue weighted by Gasteiger charge is -2.16. The predicted octanol–water partition coefficient (Wildman–Crippen LogP) is 3.32. The van der Waals surface area contributed by atoms with Crippen molar-refractivity contribution in [2.45, 2.75) is 0 Å². The molecule has 0 saturated carbocycles. The van der Waals surface area contributed by atoms with Gasteiger partial charge in [0.05, 0.1) is 37.9 Å². The second kappa shape index (κ2) is 5.89. The van der Waals surface area contributed by atoms with Crippen molar-refractivity contribution in [2.75, 3.05) is 21.3 Å². The molecule has 0 amide bonds. The van der Waals surface area contributed by atoms with Gasteiger partial charge in [0.1, 0.15) is 6.33 Å². The zero-order valence-corrected chi connectivity index (χ0v) is 12.7. The van der Waals surface area contributed by atoms with Gasteiger partial charge in [-0.2, -0.15) is 0 Å². The molecule has 0 radical (unpaired) electrons. The number of ether oxygens (including phenoxy) is 3. The van der Waals surface area contributed by atoms with E-state index < -0.39 is 0 Å². The molecular weight excluding hydrogens is 280 g/mol. The summed E-state index contributed by atoms with van der Waals surface area (Å²) in [6, 6.07) is 11.7. The van der Waals surface area contributed by atoms with Gasteiger partial charge in [-0.3, -0.25) is 0 Å². The van der Waals surface area contributed by atoms with Crippen LogP contribution in [0.25, 0.3) is 22.2 Å². The molecule has 0 aliphatic carbocycles. The van der Waals surface area contributed by atoms with Crippen LogP contribution in [0.15, 0.2) is 42.7 Å². The maximum Gasteiger partial charge on any atom is 0.204 e. The highest BCUT2D eigenvalue weighted by Gasteiger charge is 2.20. The molecule has 0 unspecified atom stereocenters. The van der Waals surface area contributed by atoms with E-state index in [1.165, 1.54) is 6.33 Å². The molecule has 22 heavy (non-hydrogen) atoms. The van der Waals surface area contributed by atoms with E-state index in [-0.39, 0.29) is 0 Å². The number of nitrogens with zero attached hydrogens (tertiary/aromatic N) is 2. The summed E-state index contributed by atoms with van der Waals surface area (Å²) in [5.74, 6) is 1.67. The number of hydrogen-bond donors (Lipinski definition) is 0. The Morgan fingerprint density at radius 3 is 2.18 bits per heavy atom. The molecule has 112 valence electrons. The van der Waals surface area contributed by atoms with Crippen molar-refractivity contribution in [3.8, 4) is 28.5 Å². The van der Waals surface area contributed by atoms with Crippen LogP contribution in [0.5, 0.6) is 17.2 Å². The quantitative estimate of drug-likeness (QED) is 0.739. The maximum absolute atomic E-state index is 5.57. The number of methoxy groups -OCH3 is 3. The zero-order valence-electron chi connectivity index (χ0n) is 12.7. The van der Waals surface area contributed by atoms with Crippen LogP contribution in [0.4, 0.5) is 0 Å². The van der Waals surface area contributed by atoms with E-state index in [2.05, 4.69) is 9.97 Å². The van der Waals surface area contributed by atoms with Crippen LogP contribution in [0, 0.1) is 0 Å². The average molecular weight is 296 g/mol. The van der Waals surface area contributed by atoms with E-state index in [0.29, 0.717) is 17.2 Å². The molecule has 1 aromatic heterocycles. The SMILES string of the molecule is COc1cc2ncnc(-c3ccccc3)c2c(OC)c1OC. The van der Waals surface area contributed by atoms with Crippen LogP contribution in [0.2, 0.25) is 0 Å². The highest BCUT2D eigenvalue weighted by molar-refractivity contribution is 6.00. The van der Waals surface area contributed by atoms with Crippen molar-refractivity contribution in [1.29, 1.82) is 0 Å². The zero-order chi connectivity index (χ0) is 15.5. The Balaban J connectivity index is 2.41. The Hall–Kier alpha value is -2.82. The molecule has 0 aliphatic rings. The molecule has 3 rings (SSSR count). The molecular formula is C17H16N2O3. The van der Waals surface area contributed by atoms with Gasteiger partial charge in [0.15, 0.2) is 11.5 Å². The summed E-state index contributed by atoms with van der Waals surface area (Å²) >= 11 is 0. The first-order valence-electron chi connectivity index (χ1n) is 6.79. The molecule has 0 N–H and O–H groups in total. The first kappa shape index (κ1) is 14.1. The van der Waals surface area contributed by atoms with E-state index in [1.54, 1.807) is 21.3 Å². The van der Waals surface area contributed by atoms with Gasteiger partial charge in [0.2, 0.25) is 5.75 Å². The Kier molecular flexibility index (Phi) is 3.78. The Morgan fingerprint density at radius 1 is 0.818 bits per heavy atom. The minimum Gasteiger partial charge on any atom is -0.493 e. The van der Waals surface area contributed by atoms with Gasteiger partial charge < -0.3 is 14.2 Å². The largest absolute Gasteiger partial charge is 0.493 e. The topological polar surface area (TPSA) is 53.5 Å². The molecule has 0 spiro atoms. The van der Waals surface area contributed by atoms with Gasteiger partial charge in [0.25, 0.3) is 0 Å². The molecule has 5 heteroatoms. The smallest absolute Gasteiger partial charge is 0.204 e. The number of fused-ring (bicyclic) bond motifs is 1. The number of aromatic nitrogens is 2. The molecule has 0 aliphatic heterocycles. The third-order valence-electron chi connectivity index (χ3n) is 3.48. The fourth-order valence-electron chi connectivity index (χ4n) is 2.50. The standard InChI is InChI=1S/C17H16N2O3/c1-20-13-9-12-14(17(22-3)16(13)21-2)15(19-10-18-12)11-7-5-4-6-8-11/h4-10H,1-3H3. The highest BCUT2D eigenvalue weighted by atomic mass is 16.5. The van der Waals surface area contributed by atoms with Crippen LogP contribution >= 0.6 is 0 Å². The molecule has 3 aromatic rings.